The topological polar surface area (TPSA) is 148 Å². The second kappa shape index (κ2) is 12.9. The minimum atomic E-state index is -5.08. The summed E-state index contributed by atoms with van der Waals surface area (Å²) in [6.07, 6.45) is -6.16. The van der Waals surface area contributed by atoms with Crippen molar-refractivity contribution in [3.8, 4) is 5.88 Å². The number of fused-ring (bicyclic) bond motifs is 1. The molecule has 0 saturated carbocycles. The van der Waals surface area contributed by atoms with E-state index in [1.54, 1.807) is 13.3 Å². The van der Waals surface area contributed by atoms with Crippen molar-refractivity contribution in [3.63, 3.8) is 0 Å². The summed E-state index contributed by atoms with van der Waals surface area (Å²) < 4.78 is 80.2. The Hall–Kier alpha value is -3.47. The van der Waals surface area contributed by atoms with E-state index in [0.717, 1.165) is 31.6 Å². The lowest BCUT2D eigenvalue weighted by atomic mass is 10.0. The molecule has 11 nitrogen and oxygen atoms in total. The second-order valence-electron chi connectivity index (χ2n) is 8.20. The zero-order valence-electron chi connectivity index (χ0n) is 20.0. The van der Waals surface area contributed by atoms with Gasteiger partial charge in [0.1, 0.15) is 0 Å². The maximum Gasteiger partial charge on any atom is 0.490 e. The Kier molecular flexibility index (Phi) is 10.4. The number of halogens is 6. The normalized spacial score (nSPS) is 21.0. The molecule has 17 heteroatoms. The number of nitrogens with zero attached hydrogens (tertiary/aromatic N) is 4. The summed E-state index contributed by atoms with van der Waals surface area (Å²) in [5.41, 5.74) is 1.12. The van der Waals surface area contributed by atoms with Gasteiger partial charge in [-0.15, -0.1) is 0 Å². The van der Waals surface area contributed by atoms with Gasteiger partial charge in [0.2, 0.25) is 11.8 Å². The molecule has 2 aliphatic heterocycles. The predicted molar refractivity (Wildman–Crippen MR) is 113 cm³/mol. The van der Waals surface area contributed by atoms with Gasteiger partial charge in [-0.3, -0.25) is 4.90 Å². The largest absolute Gasteiger partial charge is 0.490 e. The van der Waals surface area contributed by atoms with Crippen LogP contribution in [0.5, 0.6) is 5.88 Å². The van der Waals surface area contributed by atoms with Crippen molar-refractivity contribution in [2.75, 3.05) is 20.2 Å². The maximum atomic E-state index is 10.6. The average molecular weight is 558 g/mol. The van der Waals surface area contributed by atoms with Crippen LogP contribution in [0.1, 0.15) is 23.7 Å². The van der Waals surface area contributed by atoms with Crippen molar-refractivity contribution < 1.29 is 60.1 Å². The lowest BCUT2D eigenvalue weighted by Crippen LogP contribution is -2.25. The Morgan fingerprint density at radius 1 is 1.13 bits per heavy atom. The Balaban J connectivity index is 0.000000301. The summed E-state index contributed by atoms with van der Waals surface area (Å²) in [5, 5.41) is 18.1. The number of rotatable bonds is 5. The molecule has 2 N–H and O–H groups in total. The van der Waals surface area contributed by atoms with Crippen LogP contribution in [0.4, 0.5) is 26.3 Å². The number of carboxylic acids is 2. The molecule has 4 rings (SSSR count). The van der Waals surface area contributed by atoms with Gasteiger partial charge in [-0.25, -0.2) is 14.6 Å². The van der Waals surface area contributed by atoms with E-state index >= 15 is 0 Å². The minimum absolute atomic E-state index is 0.190. The Morgan fingerprint density at radius 3 is 2.21 bits per heavy atom. The average Bonchev–Trinajstić information content (AvgIpc) is 3.48. The van der Waals surface area contributed by atoms with Crippen LogP contribution >= 0.6 is 0 Å². The number of aromatic nitrogens is 3. The van der Waals surface area contributed by atoms with E-state index in [1.165, 1.54) is 0 Å². The van der Waals surface area contributed by atoms with Gasteiger partial charge in [0.15, 0.2) is 5.82 Å². The molecule has 0 aromatic carbocycles. The molecule has 0 bridgehead atoms. The minimum Gasteiger partial charge on any atom is -0.481 e. The third-order valence-corrected chi connectivity index (χ3v) is 5.28. The number of alkyl halides is 6. The Bertz CT molecular complexity index is 1040. The summed E-state index contributed by atoms with van der Waals surface area (Å²) >= 11 is 0. The van der Waals surface area contributed by atoms with Crippen LogP contribution in [0, 0.1) is 12.8 Å². The van der Waals surface area contributed by atoms with Crippen molar-refractivity contribution in [2.45, 2.75) is 50.9 Å². The van der Waals surface area contributed by atoms with E-state index < -0.39 is 24.3 Å². The molecule has 38 heavy (non-hydrogen) atoms. The van der Waals surface area contributed by atoms with Gasteiger partial charge in [0.25, 0.3) is 0 Å². The van der Waals surface area contributed by atoms with E-state index in [-0.39, 0.29) is 6.10 Å². The summed E-state index contributed by atoms with van der Waals surface area (Å²) in [6, 6.07) is 4.02. The summed E-state index contributed by atoms with van der Waals surface area (Å²) in [6.45, 7) is 4.67. The van der Waals surface area contributed by atoms with Gasteiger partial charge < -0.3 is 24.2 Å². The molecular weight excluding hydrogens is 534 g/mol. The first-order valence-corrected chi connectivity index (χ1v) is 10.8. The fraction of sp³-hybridized carbons (Fsp3) is 0.571. The molecule has 2 aromatic rings. The maximum absolute atomic E-state index is 10.6. The highest BCUT2D eigenvalue weighted by atomic mass is 19.4. The molecule has 2 fully saturated rings. The predicted octanol–water partition coefficient (Wildman–Crippen LogP) is 2.88. The number of hydrogen-bond acceptors (Lipinski definition) is 9. The molecule has 0 unspecified atom stereocenters. The molecule has 0 spiro atoms. The zero-order chi connectivity index (χ0) is 28.7. The van der Waals surface area contributed by atoms with E-state index in [2.05, 4.69) is 26.1 Å². The third-order valence-electron chi connectivity index (χ3n) is 5.28. The molecule has 3 atom stereocenters. The number of carbonyl (C=O) groups is 2. The first kappa shape index (κ1) is 30.8. The van der Waals surface area contributed by atoms with Crippen molar-refractivity contribution in [2.24, 2.45) is 5.92 Å². The molecule has 212 valence electrons. The van der Waals surface area contributed by atoms with Crippen molar-refractivity contribution in [1.29, 1.82) is 0 Å². The number of aryl methyl sites for hydroxylation is 1. The molecule has 4 heterocycles. The number of methoxy groups -OCH3 is 1. The fourth-order valence-electron chi connectivity index (χ4n) is 3.80. The van der Waals surface area contributed by atoms with Gasteiger partial charge in [0.05, 0.1) is 25.7 Å². The van der Waals surface area contributed by atoms with Crippen molar-refractivity contribution in [3.05, 3.63) is 35.6 Å². The van der Waals surface area contributed by atoms with Crippen LogP contribution in [-0.2, 0) is 27.3 Å². The smallest absolute Gasteiger partial charge is 0.481 e. The van der Waals surface area contributed by atoms with Crippen LogP contribution in [0.15, 0.2) is 22.9 Å². The number of pyridine rings is 1. The fourth-order valence-corrected chi connectivity index (χ4v) is 3.80. The van der Waals surface area contributed by atoms with Gasteiger partial charge in [-0.05, 0) is 19.4 Å². The van der Waals surface area contributed by atoms with Crippen molar-refractivity contribution in [1.82, 2.24) is 20.0 Å². The summed E-state index contributed by atoms with van der Waals surface area (Å²) in [7, 11) is 1.66. The number of likely N-dealkylation sites (tertiary alicyclic amines) is 1. The van der Waals surface area contributed by atoms with Crippen LogP contribution in [0.25, 0.3) is 0 Å². The van der Waals surface area contributed by atoms with Crippen LogP contribution < -0.4 is 4.74 Å². The number of aliphatic carboxylic acids is 2. The van der Waals surface area contributed by atoms with E-state index in [4.69, 9.17) is 33.8 Å². The molecule has 2 aromatic heterocycles. The quantitative estimate of drug-likeness (QED) is 0.522. The number of ether oxygens (including phenoxy) is 2. The van der Waals surface area contributed by atoms with Crippen molar-refractivity contribution >= 4 is 11.9 Å². The lowest BCUT2D eigenvalue weighted by molar-refractivity contribution is -0.193. The van der Waals surface area contributed by atoms with Crippen LogP contribution in [0.2, 0.25) is 0 Å². The molecular formula is C21H24F6N4O7. The van der Waals surface area contributed by atoms with E-state index in [9.17, 15) is 26.3 Å². The second-order valence-corrected chi connectivity index (χ2v) is 8.20. The Labute approximate surface area is 211 Å². The molecule has 0 amide bonds. The van der Waals surface area contributed by atoms with Crippen LogP contribution in [-0.4, -0.2) is 86.9 Å². The monoisotopic (exact) mass is 558 g/mol. The SMILES string of the molecule is COc1ncccc1CN1C[C@@H]2C[C@@H](Cc3nc(C)no3)O[C@@H]2C1.O=C(O)C(F)(F)F.O=C(O)C(F)(F)F. The summed E-state index contributed by atoms with van der Waals surface area (Å²) in [5.74, 6) is -2.88. The molecule has 2 aliphatic rings. The van der Waals surface area contributed by atoms with Gasteiger partial charge in [-0.1, -0.05) is 11.2 Å². The first-order chi connectivity index (χ1) is 17.6. The first-order valence-electron chi connectivity index (χ1n) is 10.8. The molecule has 0 radical (unpaired) electrons. The standard InChI is InChI=1S/C17H22N4O3.2C2HF3O2/c1-11-19-16(24-20-11)7-14-6-13-9-21(10-15(13)23-14)8-12-4-3-5-18-17(12)22-2;2*3-2(4,5)1(6)7/h3-5,13-15H,6-10H2,1-2H3;2*(H,6,7)/t13-,14-,15+;;/m0../s1. The number of hydrogen-bond donors (Lipinski definition) is 2. The van der Waals surface area contributed by atoms with Gasteiger partial charge in [0, 0.05) is 37.3 Å². The third kappa shape index (κ3) is 9.44. The zero-order valence-corrected chi connectivity index (χ0v) is 20.0. The highest BCUT2D eigenvalue weighted by Gasteiger charge is 2.42. The van der Waals surface area contributed by atoms with E-state index in [0.29, 0.717) is 36.0 Å². The summed E-state index contributed by atoms with van der Waals surface area (Å²) in [4.78, 5) is 28.7. The molecule has 2 saturated heterocycles. The highest BCUT2D eigenvalue weighted by Crippen LogP contribution is 2.35. The molecule has 0 aliphatic carbocycles. The lowest BCUT2D eigenvalue weighted by Gasteiger charge is -2.19. The van der Waals surface area contributed by atoms with Crippen LogP contribution in [0.3, 0.4) is 0 Å². The van der Waals surface area contributed by atoms with E-state index in [1.807, 2.05) is 13.0 Å². The number of carboxylic acid groups (broad SMARTS) is 2. The highest BCUT2D eigenvalue weighted by molar-refractivity contribution is 5.73. The van der Waals surface area contributed by atoms with Gasteiger partial charge >= 0.3 is 24.3 Å². The van der Waals surface area contributed by atoms with Gasteiger partial charge in [-0.2, -0.15) is 31.3 Å². The Morgan fingerprint density at radius 2 is 1.74 bits per heavy atom.